The summed E-state index contributed by atoms with van der Waals surface area (Å²) in [5.74, 6) is -0.260. The Morgan fingerprint density at radius 1 is 1.00 bits per heavy atom. The molecule has 0 aliphatic carbocycles. The summed E-state index contributed by atoms with van der Waals surface area (Å²) in [5, 5.41) is 0. The van der Waals surface area contributed by atoms with Crippen molar-refractivity contribution in [3.63, 3.8) is 0 Å². The first-order chi connectivity index (χ1) is 6.95. The van der Waals surface area contributed by atoms with E-state index in [0.29, 0.717) is 6.42 Å². The van der Waals surface area contributed by atoms with Crippen LogP contribution in [0.25, 0.3) is 0 Å². The highest BCUT2D eigenvalue weighted by molar-refractivity contribution is 5.78. The van der Waals surface area contributed by atoms with Crippen molar-refractivity contribution in [1.29, 1.82) is 0 Å². The van der Waals surface area contributed by atoms with Gasteiger partial charge in [0.1, 0.15) is 5.78 Å². The van der Waals surface area contributed by atoms with Crippen LogP contribution in [-0.4, -0.2) is 12.0 Å². The van der Waals surface area contributed by atoms with Crippen LogP contribution in [0.5, 0.6) is 0 Å². The Kier molecular flexibility index (Phi) is 7.44. The van der Waals surface area contributed by atoms with Crippen molar-refractivity contribution in [2.24, 2.45) is 0 Å². The van der Waals surface area contributed by atoms with Gasteiger partial charge in [-0.05, 0) is 6.42 Å². The molecule has 0 heterocycles. The highest BCUT2D eigenvalue weighted by Crippen LogP contribution is 2.22. The predicted molar refractivity (Wildman–Crippen MR) is 53.7 cm³/mol. The van der Waals surface area contributed by atoms with Crippen molar-refractivity contribution in [2.75, 3.05) is 0 Å². The lowest BCUT2D eigenvalue weighted by Crippen LogP contribution is -2.10. The standard InChI is InChI=1S/C11H19F3O/c1-2-3-4-5-6-7-10(15)8-9-11(12,13)14/h2-9H2,1H3. The highest BCUT2D eigenvalue weighted by atomic mass is 19.4. The first-order valence-corrected chi connectivity index (χ1v) is 5.54. The molecule has 1 nitrogen and oxygen atoms in total. The van der Waals surface area contributed by atoms with E-state index in [0.717, 1.165) is 32.1 Å². The van der Waals surface area contributed by atoms with E-state index in [2.05, 4.69) is 6.92 Å². The van der Waals surface area contributed by atoms with Gasteiger partial charge in [0.15, 0.2) is 0 Å². The molecule has 90 valence electrons. The van der Waals surface area contributed by atoms with Gasteiger partial charge in [-0.25, -0.2) is 0 Å². The minimum Gasteiger partial charge on any atom is -0.300 e. The average Bonchev–Trinajstić information content (AvgIpc) is 2.13. The summed E-state index contributed by atoms with van der Waals surface area (Å²) in [7, 11) is 0. The zero-order valence-electron chi connectivity index (χ0n) is 9.20. The molecule has 0 spiro atoms. The lowest BCUT2D eigenvalue weighted by atomic mass is 10.1. The lowest BCUT2D eigenvalue weighted by molar-refractivity contribution is -0.143. The number of hydrogen-bond donors (Lipinski definition) is 0. The molecule has 0 aromatic carbocycles. The van der Waals surface area contributed by atoms with Gasteiger partial charge in [0.25, 0.3) is 0 Å². The van der Waals surface area contributed by atoms with Gasteiger partial charge in [-0.1, -0.05) is 32.6 Å². The molecule has 0 aromatic rings. The fourth-order valence-corrected chi connectivity index (χ4v) is 1.33. The quantitative estimate of drug-likeness (QED) is 0.563. The normalized spacial score (nSPS) is 11.7. The third-order valence-corrected chi connectivity index (χ3v) is 2.25. The van der Waals surface area contributed by atoms with Crippen molar-refractivity contribution in [1.82, 2.24) is 0 Å². The van der Waals surface area contributed by atoms with Crippen molar-refractivity contribution in [2.45, 2.75) is 64.5 Å². The predicted octanol–water partition coefficient (Wildman–Crippen LogP) is 4.26. The molecule has 15 heavy (non-hydrogen) atoms. The van der Waals surface area contributed by atoms with Gasteiger partial charge in [0, 0.05) is 12.8 Å². The molecule has 0 aliphatic rings. The topological polar surface area (TPSA) is 17.1 Å². The Bertz CT molecular complexity index is 175. The van der Waals surface area contributed by atoms with Crippen LogP contribution in [0.15, 0.2) is 0 Å². The van der Waals surface area contributed by atoms with E-state index in [-0.39, 0.29) is 12.2 Å². The zero-order valence-corrected chi connectivity index (χ0v) is 9.20. The third kappa shape index (κ3) is 11.4. The number of carbonyl (C=O) groups is 1. The van der Waals surface area contributed by atoms with E-state index < -0.39 is 12.6 Å². The van der Waals surface area contributed by atoms with Gasteiger partial charge in [-0.15, -0.1) is 0 Å². The van der Waals surface area contributed by atoms with Gasteiger partial charge in [-0.3, -0.25) is 4.79 Å². The molecule has 0 radical (unpaired) electrons. The summed E-state index contributed by atoms with van der Waals surface area (Å²) in [4.78, 5) is 11.0. The summed E-state index contributed by atoms with van der Waals surface area (Å²) < 4.78 is 35.3. The van der Waals surface area contributed by atoms with E-state index in [1.165, 1.54) is 0 Å². The average molecular weight is 224 g/mol. The molecule has 0 N–H and O–H groups in total. The van der Waals surface area contributed by atoms with Crippen LogP contribution in [0.3, 0.4) is 0 Å². The zero-order chi connectivity index (χ0) is 11.7. The third-order valence-electron chi connectivity index (χ3n) is 2.25. The molecule has 4 heteroatoms. The Hall–Kier alpha value is -0.540. The molecule has 0 fully saturated rings. The number of halogens is 3. The second-order valence-electron chi connectivity index (χ2n) is 3.82. The van der Waals surface area contributed by atoms with Crippen molar-refractivity contribution >= 4 is 5.78 Å². The van der Waals surface area contributed by atoms with Crippen molar-refractivity contribution in [3.8, 4) is 0 Å². The molecule has 0 atom stereocenters. The van der Waals surface area contributed by atoms with Crippen molar-refractivity contribution in [3.05, 3.63) is 0 Å². The number of ketones is 1. The summed E-state index contributed by atoms with van der Waals surface area (Å²) >= 11 is 0. The number of hydrogen-bond acceptors (Lipinski definition) is 1. The van der Waals surface area contributed by atoms with Gasteiger partial charge in [0.05, 0.1) is 6.42 Å². The molecule has 0 unspecified atom stereocenters. The maximum atomic E-state index is 11.8. The van der Waals surface area contributed by atoms with Crippen LogP contribution in [0.1, 0.15) is 58.3 Å². The lowest BCUT2D eigenvalue weighted by Gasteiger charge is -2.05. The highest BCUT2D eigenvalue weighted by Gasteiger charge is 2.27. The molecule has 0 aliphatic heterocycles. The summed E-state index contributed by atoms with van der Waals surface area (Å²) in [6, 6.07) is 0. The molecule has 0 saturated carbocycles. The van der Waals surface area contributed by atoms with E-state index in [1.54, 1.807) is 0 Å². The van der Waals surface area contributed by atoms with Crippen LogP contribution in [0.4, 0.5) is 13.2 Å². The first kappa shape index (κ1) is 14.5. The summed E-state index contributed by atoms with van der Waals surface area (Å²) in [6.45, 7) is 2.09. The Morgan fingerprint density at radius 3 is 2.13 bits per heavy atom. The summed E-state index contributed by atoms with van der Waals surface area (Å²) in [5.41, 5.74) is 0. The van der Waals surface area contributed by atoms with Crippen molar-refractivity contribution < 1.29 is 18.0 Å². The number of Topliss-reactive ketones (excluding diaryl/α,β-unsaturated/α-hetero) is 1. The fourth-order valence-electron chi connectivity index (χ4n) is 1.33. The minimum absolute atomic E-state index is 0.260. The van der Waals surface area contributed by atoms with Crippen LogP contribution >= 0.6 is 0 Å². The molecular formula is C11H19F3O. The molecule has 0 bridgehead atoms. The van der Waals surface area contributed by atoms with Crippen LogP contribution in [0, 0.1) is 0 Å². The van der Waals surface area contributed by atoms with E-state index in [4.69, 9.17) is 0 Å². The second-order valence-corrected chi connectivity index (χ2v) is 3.82. The monoisotopic (exact) mass is 224 g/mol. The number of rotatable bonds is 8. The van der Waals surface area contributed by atoms with Gasteiger partial charge in [0.2, 0.25) is 0 Å². The molecule has 0 amide bonds. The number of unbranched alkanes of at least 4 members (excludes halogenated alkanes) is 4. The largest absolute Gasteiger partial charge is 0.389 e. The molecular weight excluding hydrogens is 205 g/mol. The van der Waals surface area contributed by atoms with Gasteiger partial charge < -0.3 is 0 Å². The SMILES string of the molecule is CCCCCCCC(=O)CCC(F)(F)F. The number of alkyl halides is 3. The van der Waals surface area contributed by atoms with Crippen LogP contribution < -0.4 is 0 Å². The maximum Gasteiger partial charge on any atom is 0.389 e. The Morgan fingerprint density at radius 2 is 1.60 bits per heavy atom. The Labute approximate surface area is 89.0 Å². The van der Waals surface area contributed by atoms with Crippen LogP contribution in [0.2, 0.25) is 0 Å². The number of carbonyl (C=O) groups excluding carboxylic acids is 1. The molecule has 0 rings (SSSR count). The van der Waals surface area contributed by atoms with Crippen LogP contribution in [-0.2, 0) is 4.79 Å². The van der Waals surface area contributed by atoms with E-state index in [9.17, 15) is 18.0 Å². The minimum atomic E-state index is -4.20. The van der Waals surface area contributed by atoms with Gasteiger partial charge >= 0.3 is 6.18 Å². The maximum absolute atomic E-state index is 11.8. The van der Waals surface area contributed by atoms with E-state index in [1.807, 2.05) is 0 Å². The van der Waals surface area contributed by atoms with Gasteiger partial charge in [-0.2, -0.15) is 13.2 Å². The molecule has 0 aromatic heterocycles. The fraction of sp³-hybridized carbons (Fsp3) is 0.909. The Balaban J connectivity index is 3.34. The molecule has 0 saturated heterocycles. The summed E-state index contributed by atoms with van der Waals surface area (Å²) in [6.07, 6.45) is -0.195. The first-order valence-electron chi connectivity index (χ1n) is 5.54. The smallest absolute Gasteiger partial charge is 0.300 e. The second kappa shape index (κ2) is 7.71. The van der Waals surface area contributed by atoms with E-state index >= 15 is 0 Å².